The van der Waals surface area contributed by atoms with E-state index in [0.717, 1.165) is 23.9 Å². The standard InChI is InChI=1S/C13H19BrN2O/c1-16(13(17)7-4-9-15)10-8-11-5-2-3-6-12(11)14/h2-3,5-6H,4,7-10,15H2,1H3. The number of hydrogen-bond donors (Lipinski definition) is 1. The van der Waals surface area contributed by atoms with Crippen LogP contribution in [0.1, 0.15) is 18.4 Å². The number of hydrogen-bond acceptors (Lipinski definition) is 2. The predicted octanol–water partition coefficient (Wildman–Crippen LogP) is 2.19. The summed E-state index contributed by atoms with van der Waals surface area (Å²) < 4.78 is 1.10. The van der Waals surface area contributed by atoms with Crippen LogP contribution in [0.5, 0.6) is 0 Å². The Labute approximate surface area is 111 Å². The SMILES string of the molecule is CN(CCc1ccccc1Br)C(=O)CCCN. The normalized spacial score (nSPS) is 10.3. The zero-order valence-electron chi connectivity index (χ0n) is 10.2. The maximum Gasteiger partial charge on any atom is 0.222 e. The molecule has 0 aliphatic carbocycles. The number of amides is 1. The molecule has 0 aromatic heterocycles. The van der Waals surface area contributed by atoms with E-state index in [4.69, 9.17) is 5.73 Å². The summed E-state index contributed by atoms with van der Waals surface area (Å²) in [5, 5.41) is 0. The predicted molar refractivity (Wildman–Crippen MR) is 73.8 cm³/mol. The summed E-state index contributed by atoms with van der Waals surface area (Å²) in [6.45, 7) is 1.32. The maximum atomic E-state index is 11.7. The minimum absolute atomic E-state index is 0.169. The topological polar surface area (TPSA) is 46.3 Å². The van der Waals surface area contributed by atoms with Crippen molar-refractivity contribution in [3.05, 3.63) is 34.3 Å². The Bertz CT molecular complexity index is 368. The molecule has 0 radical (unpaired) electrons. The summed E-state index contributed by atoms with van der Waals surface area (Å²) >= 11 is 3.51. The minimum atomic E-state index is 0.169. The van der Waals surface area contributed by atoms with E-state index in [-0.39, 0.29) is 5.91 Å². The molecule has 4 heteroatoms. The third kappa shape index (κ3) is 4.88. The number of halogens is 1. The van der Waals surface area contributed by atoms with Gasteiger partial charge in [-0.2, -0.15) is 0 Å². The summed E-state index contributed by atoms with van der Waals surface area (Å²) in [6.07, 6.45) is 2.17. The summed E-state index contributed by atoms with van der Waals surface area (Å²) in [7, 11) is 1.84. The molecule has 1 aromatic rings. The number of nitrogens with two attached hydrogens (primary N) is 1. The van der Waals surface area contributed by atoms with E-state index in [2.05, 4.69) is 22.0 Å². The van der Waals surface area contributed by atoms with Crippen molar-refractivity contribution in [2.75, 3.05) is 20.1 Å². The molecule has 0 saturated heterocycles. The molecular weight excluding hydrogens is 280 g/mol. The van der Waals surface area contributed by atoms with Gasteiger partial charge in [-0.25, -0.2) is 0 Å². The van der Waals surface area contributed by atoms with E-state index in [9.17, 15) is 4.79 Å². The van der Waals surface area contributed by atoms with Crippen LogP contribution in [0.2, 0.25) is 0 Å². The number of nitrogens with zero attached hydrogens (tertiary/aromatic N) is 1. The van der Waals surface area contributed by atoms with Gasteiger partial charge in [-0.1, -0.05) is 34.1 Å². The molecule has 0 aliphatic rings. The first-order chi connectivity index (χ1) is 8.15. The van der Waals surface area contributed by atoms with Gasteiger partial charge in [-0.3, -0.25) is 4.79 Å². The molecule has 0 bridgehead atoms. The van der Waals surface area contributed by atoms with Crippen molar-refractivity contribution in [2.24, 2.45) is 5.73 Å². The second kappa shape index (κ2) is 7.45. The van der Waals surface area contributed by atoms with Crippen LogP contribution in [0.15, 0.2) is 28.7 Å². The lowest BCUT2D eigenvalue weighted by molar-refractivity contribution is -0.129. The van der Waals surface area contributed by atoms with E-state index in [1.165, 1.54) is 5.56 Å². The average molecular weight is 299 g/mol. The summed E-state index contributed by atoms with van der Waals surface area (Å²) in [5.41, 5.74) is 6.61. The first kappa shape index (κ1) is 14.2. The van der Waals surface area contributed by atoms with E-state index in [0.29, 0.717) is 13.0 Å². The third-order valence-electron chi connectivity index (χ3n) is 2.69. The number of carbonyl (C=O) groups is 1. The second-order valence-electron chi connectivity index (χ2n) is 4.05. The molecule has 0 unspecified atom stereocenters. The van der Waals surface area contributed by atoms with Crippen LogP contribution >= 0.6 is 15.9 Å². The van der Waals surface area contributed by atoms with E-state index < -0.39 is 0 Å². The summed E-state index contributed by atoms with van der Waals surface area (Å²) in [5.74, 6) is 0.169. The van der Waals surface area contributed by atoms with Crippen LogP contribution in [-0.2, 0) is 11.2 Å². The van der Waals surface area contributed by atoms with Crippen LogP contribution in [0.3, 0.4) is 0 Å². The highest BCUT2D eigenvalue weighted by molar-refractivity contribution is 9.10. The Balaban J connectivity index is 2.40. The van der Waals surface area contributed by atoms with Gasteiger partial charge in [-0.15, -0.1) is 0 Å². The molecule has 17 heavy (non-hydrogen) atoms. The number of benzene rings is 1. The van der Waals surface area contributed by atoms with Crippen molar-refractivity contribution in [2.45, 2.75) is 19.3 Å². The lowest BCUT2D eigenvalue weighted by Gasteiger charge is -2.17. The largest absolute Gasteiger partial charge is 0.345 e. The van der Waals surface area contributed by atoms with Crippen molar-refractivity contribution in [1.29, 1.82) is 0 Å². The smallest absolute Gasteiger partial charge is 0.222 e. The lowest BCUT2D eigenvalue weighted by atomic mass is 10.1. The highest BCUT2D eigenvalue weighted by Crippen LogP contribution is 2.16. The van der Waals surface area contributed by atoms with Gasteiger partial charge in [0.15, 0.2) is 0 Å². The van der Waals surface area contributed by atoms with Crippen LogP contribution in [-0.4, -0.2) is 30.9 Å². The molecule has 1 aromatic carbocycles. The molecule has 2 N–H and O–H groups in total. The molecule has 1 amide bonds. The van der Waals surface area contributed by atoms with E-state index >= 15 is 0 Å². The number of rotatable bonds is 6. The van der Waals surface area contributed by atoms with Crippen LogP contribution in [0, 0.1) is 0 Å². The van der Waals surface area contributed by atoms with Crippen molar-refractivity contribution in [1.82, 2.24) is 4.90 Å². The number of likely N-dealkylation sites (N-methyl/N-ethyl adjacent to an activating group) is 1. The molecule has 0 spiro atoms. The molecule has 0 atom stereocenters. The Kier molecular flexibility index (Phi) is 6.22. The zero-order chi connectivity index (χ0) is 12.7. The van der Waals surface area contributed by atoms with Gasteiger partial charge in [0.25, 0.3) is 0 Å². The minimum Gasteiger partial charge on any atom is -0.345 e. The fourth-order valence-electron chi connectivity index (χ4n) is 1.56. The summed E-state index contributed by atoms with van der Waals surface area (Å²) in [4.78, 5) is 13.4. The van der Waals surface area contributed by atoms with Crippen molar-refractivity contribution in [3.8, 4) is 0 Å². The van der Waals surface area contributed by atoms with Crippen LogP contribution in [0.4, 0.5) is 0 Å². The van der Waals surface area contributed by atoms with Crippen LogP contribution < -0.4 is 5.73 Å². The highest BCUT2D eigenvalue weighted by atomic mass is 79.9. The first-order valence-electron chi connectivity index (χ1n) is 5.82. The Hall–Kier alpha value is -0.870. The molecular formula is C13H19BrN2O. The highest BCUT2D eigenvalue weighted by Gasteiger charge is 2.08. The van der Waals surface area contributed by atoms with Gasteiger partial charge in [0.2, 0.25) is 5.91 Å². The van der Waals surface area contributed by atoms with Gasteiger partial charge < -0.3 is 10.6 Å². The second-order valence-corrected chi connectivity index (χ2v) is 4.90. The molecule has 0 aliphatic heterocycles. The fourth-order valence-corrected chi connectivity index (χ4v) is 2.04. The average Bonchev–Trinajstić information content (AvgIpc) is 2.34. The van der Waals surface area contributed by atoms with Gasteiger partial charge in [0, 0.05) is 24.5 Å². The fraction of sp³-hybridized carbons (Fsp3) is 0.462. The molecule has 0 saturated carbocycles. The van der Waals surface area contributed by atoms with Crippen LogP contribution in [0.25, 0.3) is 0 Å². The zero-order valence-corrected chi connectivity index (χ0v) is 11.7. The van der Waals surface area contributed by atoms with E-state index in [1.54, 1.807) is 4.90 Å². The summed E-state index contributed by atoms with van der Waals surface area (Å²) in [6, 6.07) is 8.09. The Morgan fingerprint density at radius 1 is 1.41 bits per heavy atom. The maximum absolute atomic E-state index is 11.7. The van der Waals surface area contributed by atoms with Gasteiger partial charge in [-0.05, 0) is 31.0 Å². The molecule has 1 rings (SSSR count). The van der Waals surface area contributed by atoms with Gasteiger partial charge in [0.1, 0.15) is 0 Å². The first-order valence-corrected chi connectivity index (χ1v) is 6.62. The van der Waals surface area contributed by atoms with Crippen molar-refractivity contribution in [3.63, 3.8) is 0 Å². The lowest BCUT2D eigenvalue weighted by Crippen LogP contribution is -2.29. The molecule has 3 nitrogen and oxygen atoms in total. The van der Waals surface area contributed by atoms with Crippen molar-refractivity contribution >= 4 is 21.8 Å². The molecule has 0 fully saturated rings. The van der Waals surface area contributed by atoms with Crippen molar-refractivity contribution < 1.29 is 4.79 Å². The van der Waals surface area contributed by atoms with E-state index in [1.807, 2.05) is 25.2 Å². The number of carbonyl (C=O) groups excluding carboxylic acids is 1. The van der Waals surface area contributed by atoms with Gasteiger partial charge >= 0.3 is 0 Å². The Morgan fingerprint density at radius 3 is 2.76 bits per heavy atom. The molecule has 0 heterocycles. The molecule has 94 valence electrons. The quantitative estimate of drug-likeness (QED) is 0.875. The third-order valence-corrected chi connectivity index (χ3v) is 3.47. The monoisotopic (exact) mass is 298 g/mol. The van der Waals surface area contributed by atoms with Gasteiger partial charge in [0.05, 0.1) is 0 Å². The Morgan fingerprint density at radius 2 is 2.12 bits per heavy atom.